The molecule has 0 spiro atoms. The van der Waals surface area contributed by atoms with E-state index in [1.165, 1.54) is 11.1 Å². The minimum Gasteiger partial charge on any atom is -0.313 e. The highest BCUT2D eigenvalue weighted by atomic mass is 35.5. The Morgan fingerprint density at radius 3 is 2.76 bits per heavy atom. The summed E-state index contributed by atoms with van der Waals surface area (Å²) in [6.45, 7) is 5.81. The van der Waals surface area contributed by atoms with Gasteiger partial charge in [-0.05, 0) is 43.1 Å². The first-order valence-corrected chi connectivity index (χ1v) is 7.78. The van der Waals surface area contributed by atoms with Gasteiger partial charge in [0.1, 0.15) is 0 Å². The highest BCUT2D eigenvalue weighted by Crippen LogP contribution is 2.14. The Kier molecular flexibility index (Phi) is 6.17. The maximum atomic E-state index is 11.2. The number of nitrogens with one attached hydrogen (secondary N) is 1. The van der Waals surface area contributed by atoms with Crippen molar-refractivity contribution in [3.8, 4) is 0 Å². The fourth-order valence-corrected chi connectivity index (χ4v) is 2.23. The van der Waals surface area contributed by atoms with Gasteiger partial charge in [-0.1, -0.05) is 24.6 Å². The first kappa shape index (κ1) is 14.7. The first-order valence-electron chi connectivity index (χ1n) is 5.78. The van der Waals surface area contributed by atoms with Gasteiger partial charge in [0.15, 0.2) is 0 Å². The number of aryl methyl sites for hydroxylation is 1. The van der Waals surface area contributed by atoms with Crippen LogP contribution in [0.3, 0.4) is 0 Å². The fraction of sp³-hybridized carbons (Fsp3) is 0.538. The number of hydrogen-bond acceptors (Lipinski definition) is 2. The summed E-state index contributed by atoms with van der Waals surface area (Å²) in [6.07, 6.45) is 2.70. The Bertz CT molecular complexity index is 395. The average molecular weight is 274 g/mol. The molecular weight excluding hydrogens is 254 g/mol. The molecule has 0 saturated carbocycles. The lowest BCUT2D eigenvalue weighted by molar-refractivity contribution is 0.628. The molecule has 2 atom stereocenters. The summed E-state index contributed by atoms with van der Waals surface area (Å²) in [4.78, 5) is 0. The summed E-state index contributed by atoms with van der Waals surface area (Å²) >= 11 is 5.90. The molecule has 4 heteroatoms. The Balaban J connectivity index is 2.34. The quantitative estimate of drug-likeness (QED) is 0.808. The summed E-state index contributed by atoms with van der Waals surface area (Å²) in [6, 6.07) is 5.93. The third kappa shape index (κ3) is 5.19. The number of halogens is 1. The molecule has 0 aliphatic rings. The molecule has 0 saturated heterocycles. The minimum atomic E-state index is -0.723. The number of benzene rings is 1. The molecule has 0 aromatic heterocycles. The van der Waals surface area contributed by atoms with Gasteiger partial charge < -0.3 is 5.32 Å². The van der Waals surface area contributed by atoms with Crippen molar-refractivity contribution >= 4 is 22.4 Å². The Labute approximate surface area is 111 Å². The van der Waals surface area contributed by atoms with E-state index in [-0.39, 0.29) is 5.25 Å². The summed E-state index contributed by atoms with van der Waals surface area (Å²) in [5, 5.41) is 4.41. The molecule has 0 fully saturated rings. The lowest BCUT2D eigenvalue weighted by Crippen LogP contribution is -2.21. The van der Waals surface area contributed by atoms with Crippen LogP contribution in [0.1, 0.15) is 24.5 Å². The van der Waals surface area contributed by atoms with Gasteiger partial charge in [0.2, 0.25) is 0 Å². The van der Waals surface area contributed by atoms with Crippen molar-refractivity contribution in [2.75, 3.05) is 12.8 Å². The average Bonchev–Trinajstić information content (AvgIpc) is 2.26. The maximum absolute atomic E-state index is 11.2. The van der Waals surface area contributed by atoms with E-state index in [1.807, 2.05) is 25.1 Å². The minimum absolute atomic E-state index is 0.258. The van der Waals surface area contributed by atoms with Crippen LogP contribution in [0.2, 0.25) is 5.02 Å². The second kappa shape index (κ2) is 7.14. The molecule has 0 heterocycles. The van der Waals surface area contributed by atoms with Gasteiger partial charge in [0.25, 0.3) is 0 Å². The molecule has 1 aromatic carbocycles. The van der Waals surface area contributed by atoms with Gasteiger partial charge in [0.05, 0.1) is 0 Å². The van der Waals surface area contributed by atoms with Crippen LogP contribution < -0.4 is 5.32 Å². The maximum Gasteiger partial charge on any atom is 0.0408 e. The summed E-state index contributed by atoms with van der Waals surface area (Å²) in [5.41, 5.74) is 2.47. The van der Waals surface area contributed by atoms with Crippen LogP contribution in [0.25, 0.3) is 0 Å². The summed E-state index contributed by atoms with van der Waals surface area (Å²) < 4.78 is 11.2. The standard InChI is InChI=1S/C13H20ClNOS/c1-10-8-13(14)5-4-12(10)9-15-7-6-11(2)17(3)16/h4-5,8,11,15H,6-7,9H2,1-3H3. The van der Waals surface area contributed by atoms with Crippen molar-refractivity contribution in [3.63, 3.8) is 0 Å². The van der Waals surface area contributed by atoms with E-state index in [9.17, 15) is 4.21 Å². The zero-order valence-electron chi connectivity index (χ0n) is 10.6. The van der Waals surface area contributed by atoms with Crippen LogP contribution in [0, 0.1) is 6.92 Å². The molecule has 0 bridgehead atoms. The third-order valence-corrected chi connectivity index (χ3v) is 4.52. The van der Waals surface area contributed by atoms with Crippen LogP contribution in [-0.2, 0) is 17.3 Å². The monoisotopic (exact) mass is 273 g/mol. The Morgan fingerprint density at radius 2 is 2.18 bits per heavy atom. The second-order valence-electron chi connectivity index (χ2n) is 4.35. The predicted molar refractivity (Wildman–Crippen MR) is 76.0 cm³/mol. The molecule has 0 aliphatic carbocycles. The van der Waals surface area contributed by atoms with Gasteiger partial charge in [-0.15, -0.1) is 0 Å². The van der Waals surface area contributed by atoms with Crippen molar-refractivity contribution in [1.29, 1.82) is 0 Å². The predicted octanol–water partition coefficient (Wildman–Crippen LogP) is 2.90. The molecule has 0 amide bonds. The molecular formula is C13H20ClNOS. The summed E-state index contributed by atoms with van der Waals surface area (Å²) in [7, 11) is -0.723. The van der Waals surface area contributed by atoms with E-state index in [1.54, 1.807) is 6.26 Å². The molecule has 17 heavy (non-hydrogen) atoms. The highest BCUT2D eigenvalue weighted by Gasteiger charge is 2.05. The first-order chi connectivity index (χ1) is 8.00. The van der Waals surface area contributed by atoms with Crippen LogP contribution >= 0.6 is 11.6 Å². The molecule has 1 rings (SSSR count). The van der Waals surface area contributed by atoms with Gasteiger partial charge >= 0.3 is 0 Å². The second-order valence-corrected chi connectivity index (χ2v) is 6.58. The normalized spacial score (nSPS) is 14.6. The lowest BCUT2D eigenvalue weighted by atomic mass is 10.1. The molecule has 1 N–H and O–H groups in total. The van der Waals surface area contributed by atoms with Gasteiger partial charge in [-0.3, -0.25) is 4.21 Å². The van der Waals surface area contributed by atoms with E-state index in [0.717, 1.165) is 24.5 Å². The van der Waals surface area contributed by atoms with Crippen LogP contribution in [0.15, 0.2) is 18.2 Å². The summed E-state index contributed by atoms with van der Waals surface area (Å²) in [5.74, 6) is 0. The smallest absolute Gasteiger partial charge is 0.0408 e. The van der Waals surface area contributed by atoms with E-state index < -0.39 is 10.8 Å². The van der Waals surface area contributed by atoms with Crippen molar-refractivity contribution in [2.45, 2.75) is 32.1 Å². The van der Waals surface area contributed by atoms with E-state index >= 15 is 0 Å². The molecule has 0 aliphatic heterocycles. The van der Waals surface area contributed by atoms with Crippen molar-refractivity contribution in [2.24, 2.45) is 0 Å². The zero-order chi connectivity index (χ0) is 12.8. The highest BCUT2D eigenvalue weighted by molar-refractivity contribution is 7.84. The topological polar surface area (TPSA) is 29.1 Å². The number of rotatable bonds is 6. The zero-order valence-corrected chi connectivity index (χ0v) is 12.2. The third-order valence-electron chi connectivity index (χ3n) is 2.91. The molecule has 1 aromatic rings. The largest absolute Gasteiger partial charge is 0.313 e. The lowest BCUT2D eigenvalue weighted by Gasteiger charge is -2.10. The van der Waals surface area contributed by atoms with E-state index in [0.29, 0.717) is 0 Å². The van der Waals surface area contributed by atoms with E-state index in [4.69, 9.17) is 11.6 Å². The van der Waals surface area contributed by atoms with E-state index in [2.05, 4.69) is 12.2 Å². The molecule has 96 valence electrons. The van der Waals surface area contributed by atoms with Crippen molar-refractivity contribution in [1.82, 2.24) is 5.32 Å². The molecule has 2 nitrogen and oxygen atoms in total. The van der Waals surface area contributed by atoms with Crippen LogP contribution in [0.4, 0.5) is 0 Å². The van der Waals surface area contributed by atoms with Crippen LogP contribution in [-0.4, -0.2) is 22.3 Å². The Morgan fingerprint density at radius 1 is 1.47 bits per heavy atom. The van der Waals surface area contributed by atoms with Crippen molar-refractivity contribution in [3.05, 3.63) is 34.3 Å². The van der Waals surface area contributed by atoms with Gasteiger partial charge in [-0.25, -0.2) is 0 Å². The molecule has 2 unspecified atom stereocenters. The SMILES string of the molecule is Cc1cc(Cl)ccc1CNCCC(C)S(C)=O. The fourth-order valence-electron chi connectivity index (χ4n) is 1.55. The van der Waals surface area contributed by atoms with Crippen molar-refractivity contribution < 1.29 is 4.21 Å². The molecule has 0 radical (unpaired) electrons. The number of hydrogen-bond donors (Lipinski definition) is 1. The van der Waals surface area contributed by atoms with Crippen LogP contribution in [0.5, 0.6) is 0 Å². The van der Waals surface area contributed by atoms with Gasteiger partial charge in [0, 0.05) is 33.9 Å². The van der Waals surface area contributed by atoms with Gasteiger partial charge in [-0.2, -0.15) is 0 Å². The Hall–Kier alpha value is -0.380.